The summed E-state index contributed by atoms with van der Waals surface area (Å²) in [4.78, 5) is 0. The maximum Gasteiger partial charge on any atom is 0.488 e. The Labute approximate surface area is 79.7 Å². The van der Waals surface area contributed by atoms with Crippen molar-refractivity contribution in [1.29, 1.82) is 0 Å². The van der Waals surface area contributed by atoms with Gasteiger partial charge in [-0.1, -0.05) is 0 Å². The molecule has 5 heteroatoms. The van der Waals surface area contributed by atoms with Gasteiger partial charge in [0, 0.05) is 13.1 Å². The molecule has 0 aromatic heterocycles. The minimum absolute atomic E-state index is 0.314. The Bertz CT molecular complexity index is 131. The fraction of sp³-hybridized carbons (Fsp3) is 1.00. The topological polar surface area (TPSA) is 42.5 Å². The highest BCUT2D eigenvalue weighted by Crippen LogP contribution is 2.05. The molecule has 2 aliphatic heterocycles. The zero-order chi connectivity index (χ0) is 8.93. The molecule has 1 radical (unpaired) electrons. The van der Waals surface area contributed by atoms with Gasteiger partial charge in [0.15, 0.2) is 0 Å². The Morgan fingerprint density at radius 2 is 1.46 bits per heavy atom. The molecule has 2 aliphatic rings. The van der Waals surface area contributed by atoms with E-state index in [1.807, 2.05) is 0 Å². The Balaban J connectivity index is 1.52. The van der Waals surface area contributed by atoms with E-state index in [1.54, 1.807) is 0 Å². The monoisotopic (exact) mass is 183 g/mol. The first-order chi connectivity index (χ1) is 6.45. The van der Waals surface area contributed by atoms with Crippen LogP contribution in [0.15, 0.2) is 0 Å². The maximum atomic E-state index is 5.43. The summed E-state index contributed by atoms with van der Waals surface area (Å²) in [7, 11) is 1.52. The van der Waals surface area contributed by atoms with Gasteiger partial charge in [-0.3, -0.25) is 0 Å². The highest BCUT2D eigenvalue weighted by Gasteiger charge is 2.19. The van der Waals surface area contributed by atoms with Crippen LogP contribution < -0.4 is 10.6 Å². The lowest BCUT2D eigenvalue weighted by Crippen LogP contribution is -2.25. The predicted molar refractivity (Wildman–Crippen MR) is 50.5 cm³/mol. The van der Waals surface area contributed by atoms with E-state index in [0.29, 0.717) is 12.2 Å². The largest absolute Gasteiger partial charge is 0.488 e. The van der Waals surface area contributed by atoms with E-state index in [9.17, 15) is 0 Å². The van der Waals surface area contributed by atoms with E-state index in [1.165, 1.54) is 7.69 Å². The molecular formula is C8H16BN2O2. The van der Waals surface area contributed by atoms with Crippen molar-refractivity contribution in [2.45, 2.75) is 25.0 Å². The summed E-state index contributed by atoms with van der Waals surface area (Å²) in [6.45, 7) is 4.01. The van der Waals surface area contributed by atoms with E-state index in [0.717, 1.165) is 39.0 Å². The van der Waals surface area contributed by atoms with Gasteiger partial charge in [-0.05, 0) is 25.9 Å². The summed E-state index contributed by atoms with van der Waals surface area (Å²) in [5.41, 5.74) is 0. The van der Waals surface area contributed by atoms with Gasteiger partial charge in [0.25, 0.3) is 0 Å². The van der Waals surface area contributed by atoms with Crippen molar-refractivity contribution in [3.05, 3.63) is 0 Å². The standard InChI is InChI=1S/C8H16BN2O2/c1-3-10-5-7(1)12-9-13-8-2-4-11-6-8/h7-8,10-11H,1-6H2. The lowest BCUT2D eigenvalue weighted by Gasteiger charge is -2.12. The average Bonchev–Trinajstić information content (AvgIpc) is 2.75. The van der Waals surface area contributed by atoms with E-state index in [4.69, 9.17) is 9.31 Å². The van der Waals surface area contributed by atoms with Crippen LogP contribution in [-0.4, -0.2) is 46.1 Å². The SMILES string of the molecule is [B](OC1CCNC1)OC1CCNC1. The summed E-state index contributed by atoms with van der Waals surface area (Å²) in [6.07, 6.45) is 2.80. The summed E-state index contributed by atoms with van der Waals surface area (Å²) < 4.78 is 10.9. The lowest BCUT2D eigenvalue weighted by molar-refractivity contribution is 0.136. The van der Waals surface area contributed by atoms with Crippen LogP contribution in [0, 0.1) is 0 Å². The first kappa shape index (κ1) is 9.46. The van der Waals surface area contributed by atoms with Crippen molar-refractivity contribution in [2.24, 2.45) is 0 Å². The van der Waals surface area contributed by atoms with Crippen molar-refractivity contribution in [2.75, 3.05) is 26.2 Å². The zero-order valence-electron chi connectivity index (χ0n) is 7.79. The first-order valence-corrected chi connectivity index (χ1v) is 4.99. The highest BCUT2D eigenvalue weighted by molar-refractivity contribution is 6.18. The number of rotatable bonds is 4. The molecule has 73 valence electrons. The van der Waals surface area contributed by atoms with Crippen molar-refractivity contribution in [1.82, 2.24) is 10.6 Å². The van der Waals surface area contributed by atoms with E-state index >= 15 is 0 Å². The Kier molecular flexibility index (Phi) is 3.60. The minimum Gasteiger partial charge on any atom is -0.409 e. The summed E-state index contributed by atoms with van der Waals surface area (Å²) in [5.74, 6) is 0. The molecular weight excluding hydrogens is 167 g/mol. The fourth-order valence-electron chi connectivity index (χ4n) is 1.68. The minimum atomic E-state index is 0.314. The molecule has 0 aliphatic carbocycles. The molecule has 2 fully saturated rings. The molecule has 0 saturated carbocycles. The summed E-state index contributed by atoms with van der Waals surface area (Å²) in [6, 6.07) is 0. The van der Waals surface area contributed by atoms with Crippen molar-refractivity contribution >= 4 is 7.69 Å². The Morgan fingerprint density at radius 3 is 1.85 bits per heavy atom. The molecule has 2 heterocycles. The van der Waals surface area contributed by atoms with Crippen LogP contribution in [0.1, 0.15) is 12.8 Å². The van der Waals surface area contributed by atoms with Gasteiger partial charge in [0.1, 0.15) is 0 Å². The molecule has 2 saturated heterocycles. The quantitative estimate of drug-likeness (QED) is 0.564. The average molecular weight is 183 g/mol. The molecule has 2 unspecified atom stereocenters. The highest BCUT2D eigenvalue weighted by atomic mass is 16.6. The fourth-order valence-corrected chi connectivity index (χ4v) is 1.68. The molecule has 0 spiro atoms. The first-order valence-electron chi connectivity index (χ1n) is 4.99. The van der Waals surface area contributed by atoms with Gasteiger partial charge in [0.2, 0.25) is 0 Å². The van der Waals surface area contributed by atoms with Gasteiger partial charge in [0.05, 0.1) is 12.2 Å². The van der Waals surface area contributed by atoms with Crippen LogP contribution in [0.25, 0.3) is 0 Å². The van der Waals surface area contributed by atoms with E-state index in [2.05, 4.69) is 10.6 Å². The maximum absolute atomic E-state index is 5.43. The van der Waals surface area contributed by atoms with Crippen LogP contribution in [-0.2, 0) is 9.31 Å². The van der Waals surface area contributed by atoms with Crippen LogP contribution in [0.4, 0.5) is 0 Å². The molecule has 13 heavy (non-hydrogen) atoms. The van der Waals surface area contributed by atoms with Crippen LogP contribution in [0.2, 0.25) is 0 Å². The Morgan fingerprint density at radius 1 is 0.923 bits per heavy atom. The number of nitrogens with one attached hydrogen (secondary N) is 2. The van der Waals surface area contributed by atoms with E-state index < -0.39 is 0 Å². The third-order valence-corrected chi connectivity index (χ3v) is 2.53. The predicted octanol–water partition coefficient (Wildman–Crippen LogP) is -0.722. The molecule has 2 N–H and O–H groups in total. The third-order valence-electron chi connectivity index (χ3n) is 2.53. The van der Waals surface area contributed by atoms with Crippen molar-refractivity contribution in [3.8, 4) is 0 Å². The van der Waals surface area contributed by atoms with Gasteiger partial charge in [-0.15, -0.1) is 0 Å². The molecule has 4 nitrogen and oxygen atoms in total. The lowest BCUT2D eigenvalue weighted by atomic mass is 10.2. The molecule has 0 bridgehead atoms. The second-order valence-electron chi connectivity index (χ2n) is 3.60. The zero-order valence-corrected chi connectivity index (χ0v) is 7.79. The molecule has 0 aromatic carbocycles. The van der Waals surface area contributed by atoms with Crippen LogP contribution in [0.3, 0.4) is 0 Å². The second-order valence-corrected chi connectivity index (χ2v) is 3.60. The summed E-state index contributed by atoms with van der Waals surface area (Å²) in [5, 5.41) is 6.48. The van der Waals surface area contributed by atoms with E-state index in [-0.39, 0.29) is 0 Å². The third kappa shape index (κ3) is 2.95. The molecule has 2 rings (SSSR count). The summed E-state index contributed by atoms with van der Waals surface area (Å²) >= 11 is 0. The second kappa shape index (κ2) is 4.95. The smallest absolute Gasteiger partial charge is 0.409 e. The van der Waals surface area contributed by atoms with Gasteiger partial charge >= 0.3 is 7.69 Å². The number of hydrogen-bond acceptors (Lipinski definition) is 4. The molecule has 2 atom stereocenters. The van der Waals surface area contributed by atoms with Gasteiger partial charge < -0.3 is 19.9 Å². The normalized spacial score (nSPS) is 33.8. The molecule has 0 amide bonds. The van der Waals surface area contributed by atoms with Gasteiger partial charge in [-0.25, -0.2) is 0 Å². The van der Waals surface area contributed by atoms with Crippen molar-refractivity contribution in [3.63, 3.8) is 0 Å². The number of hydrogen-bond donors (Lipinski definition) is 2. The van der Waals surface area contributed by atoms with Gasteiger partial charge in [-0.2, -0.15) is 0 Å². The molecule has 0 aromatic rings. The Hall–Kier alpha value is -0.0951. The van der Waals surface area contributed by atoms with Crippen LogP contribution in [0.5, 0.6) is 0 Å². The van der Waals surface area contributed by atoms with Crippen molar-refractivity contribution < 1.29 is 9.31 Å². The van der Waals surface area contributed by atoms with Crippen LogP contribution >= 0.6 is 0 Å².